The van der Waals surface area contributed by atoms with Gasteiger partial charge in [0.25, 0.3) is 0 Å². The van der Waals surface area contributed by atoms with E-state index < -0.39 is 5.97 Å². The second kappa shape index (κ2) is 5.83. The number of benzene rings is 1. The second-order valence-electron chi connectivity index (χ2n) is 3.45. The van der Waals surface area contributed by atoms with E-state index in [1.165, 1.54) is 18.2 Å². The molecule has 16 heavy (non-hydrogen) atoms. The van der Waals surface area contributed by atoms with Gasteiger partial charge in [0.15, 0.2) is 0 Å². The van der Waals surface area contributed by atoms with E-state index in [1.54, 1.807) is 6.07 Å². The second-order valence-corrected chi connectivity index (χ2v) is 3.45. The maximum atomic E-state index is 10.9. The predicted molar refractivity (Wildman–Crippen MR) is 59.8 cm³/mol. The molecule has 0 heterocycles. The molecule has 1 N–H and O–H groups in total. The van der Waals surface area contributed by atoms with Gasteiger partial charge in [-0.1, -0.05) is 13.3 Å². The number of unbranched alkanes of at least 4 members (excludes halogenated alkanes) is 1. The standard InChI is InChI=1S/C12H13NO3/c1-2-3-4-9-7-10(13-8-14)5-6-11(9)12(15)16/h5-7H,2-4H2,1H3,(H,15,16). The first kappa shape index (κ1) is 12.1. The number of carbonyl (C=O) groups is 1. The lowest BCUT2D eigenvalue weighted by atomic mass is 10.0. The normalized spacial score (nSPS) is 9.56. The highest BCUT2D eigenvalue weighted by atomic mass is 16.4. The molecule has 0 atom stereocenters. The van der Waals surface area contributed by atoms with Gasteiger partial charge in [-0.15, -0.1) is 0 Å². The van der Waals surface area contributed by atoms with Crippen LogP contribution in [0.1, 0.15) is 35.7 Å². The predicted octanol–water partition coefficient (Wildman–Crippen LogP) is 2.69. The molecule has 0 aliphatic rings. The van der Waals surface area contributed by atoms with Gasteiger partial charge in [0.2, 0.25) is 6.08 Å². The van der Waals surface area contributed by atoms with Gasteiger partial charge in [0.1, 0.15) is 0 Å². The van der Waals surface area contributed by atoms with E-state index in [1.807, 2.05) is 6.92 Å². The van der Waals surface area contributed by atoms with E-state index in [0.29, 0.717) is 17.7 Å². The summed E-state index contributed by atoms with van der Waals surface area (Å²) < 4.78 is 0. The number of carboxylic acids is 1. The quantitative estimate of drug-likeness (QED) is 0.611. The van der Waals surface area contributed by atoms with E-state index >= 15 is 0 Å². The maximum Gasteiger partial charge on any atom is 0.335 e. The summed E-state index contributed by atoms with van der Waals surface area (Å²) in [6, 6.07) is 4.61. The smallest absolute Gasteiger partial charge is 0.335 e. The molecule has 0 radical (unpaired) electrons. The molecule has 0 spiro atoms. The summed E-state index contributed by atoms with van der Waals surface area (Å²) in [4.78, 5) is 24.5. The van der Waals surface area contributed by atoms with Crippen molar-refractivity contribution < 1.29 is 14.7 Å². The average molecular weight is 219 g/mol. The Bertz CT molecular complexity index is 434. The van der Waals surface area contributed by atoms with Crippen molar-refractivity contribution in [3.63, 3.8) is 0 Å². The monoisotopic (exact) mass is 219 g/mol. The van der Waals surface area contributed by atoms with Gasteiger partial charge in [0.05, 0.1) is 11.3 Å². The zero-order valence-electron chi connectivity index (χ0n) is 9.06. The Morgan fingerprint density at radius 3 is 2.81 bits per heavy atom. The molecule has 0 aliphatic heterocycles. The summed E-state index contributed by atoms with van der Waals surface area (Å²) in [5, 5.41) is 8.98. The summed E-state index contributed by atoms with van der Waals surface area (Å²) in [6.45, 7) is 2.04. The molecule has 0 amide bonds. The Hall–Kier alpha value is -1.93. The fourth-order valence-corrected chi connectivity index (χ4v) is 1.49. The summed E-state index contributed by atoms with van der Waals surface area (Å²) in [7, 11) is 0. The first-order valence-corrected chi connectivity index (χ1v) is 5.13. The van der Waals surface area contributed by atoms with Crippen molar-refractivity contribution in [2.75, 3.05) is 0 Å². The Morgan fingerprint density at radius 2 is 2.25 bits per heavy atom. The van der Waals surface area contributed by atoms with Crippen molar-refractivity contribution in [1.29, 1.82) is 0 Å². The van der Waals surface area contributed by atoms with Crippen LogP contribution < -0.4 is 0 Å². The largest absolute Gasteiger partial charge is 0.478 e. The molecule has 84 valence electrons. The SMILES string of the molecule is CCCCc1cc(N=C=O)ccc1C(=O)O. The van der Waals surface area contributed by atoms with Crippen LogP contribution in [0.4, 0.5) is 5.69 Å². The van der Waals surface area contributed by atoms with Crippen LogP contribution >= 0.6 is 0 Å². The molecule has 0 saturated heterocycles. The number of aromatic carboxylic acids is 1. The van der Waals surface area contributed by atoms with Gasteiger partial charge in [0, 0.05) is 0 Å². The molecular weight excluding hydrogens is 206 g/mol. The number of hydrogen-bond acceptors (Lipinski definition) is 3. The lowest BCUT2D eigenvalue weighted by molar-refractivity contribution is 0.0695. The fourth-order valence-electron chi connectivity index (χ4n) is 1.49. The highest BCUT2D eigenvalue weighted by Gasteiger charge is 2.09. The van der Waals surface area contributed by atoms with Crippen molar-refractivity contribution >= 4 is 17.7 Å². The number of aliphatic imine (C=N–C) groups is 1. The van der Waals surface area contributed by atoms with Crippen molar-refractivity contribution in [2.24, 2.45) is 4.99 Å². The van der Waals surface area contributed by atoms with Crippen LogP contribution in [0.15, 0.2) is 23.2 Å². The van der Waals surface area contributed by atoms with Gasteiger partial charge in [-0.25, -0.2) is 9.59 Å². The number of isocyanates is 1. The number of nitrogens with zero attached hydrogens (tertiary/aromatic N) is 1. The molecule has 1 rings (SSSR count). The number of hydrogen-bond donors (Lipinski definition) is 1. The van der Waals surface area contributed by atoms with Crippen molar-refractivity contribution in [2.45, 2.75) is 26.2 Å². The van der Waals surface area contributed by atoms with Crippen LogP contribution in [0.25, 0.3) is 0 Å². The third-order valence-electron chi connectivity index (χ3n) is 2.29. The van der Waals surface area contributed by atoms with E-state index in [-0.39, 0.29) is 5.56 Å². The molecule has 1 aromatic rings. The van der Waals surface area contributed by atoms with Gasteiger partial charge < -0.3 is 5.11 Å². The van der Waals surface area contributed by atoms with E-state index in [4.69, 9.17) is 5.11 Å². The zero-order chi connectivity index (χ0) is 12.0. The number of aryl methyl sites for hydroxylation is 1. The third kappa shape index (κ3) is 3.04. The molecule has 0 bridgehead atoms. The minimum absolute atomic E-state index is 0.276. The average Bonchev–Trinajstić information content (AvgIpc) is 2.26. The molecule has 1 aromatic carbocycles. The minimum atomic E-state index is -0.951. The first-order valence-electron chi connectivity index (χ1n) is 5.13. The lowest BCUT2D eigenvalue weighted by Crippen LogP contribution is -2.02. The topological polar surface area (TPSA) is 66.7 Å². The highest BCUT2D eigenvalue weighted by Crippen LogP contribution is 2.20. The van der Waals surface area contributed by atoms with Crippen LogP contribution in [0, 0.1) is 0 Å². The number of rotatable bonds is 5. The van der Waals surface area contributed by atoms with E-state index in [0.717, 1.165) is 12.8 Å². The third-order valence-corrected chi connectivity index (χ3v) is 2.29. The van der Waals surface area contributed by atoms with Gasteiger partial charge in [-0.05, 0) is 36.6 Å². The lowest BCUT2D eigenvalue weighted by Gasteiger charge is -2.05. The van der Waals surface area contributed by atoms with Crippen LogP contribution in [0.5, 0.6) is 0 Å². The molecule has 0 fully saturated rings. The molecular formula is C12H13NO3. The Kier molecular flexibility index (Phi) is 4.42. The summed E-state index contributed by atoms with van der Waals surface area (Å²) in [5.41, 5.74) is 1.44. The Labute approximate surface area is 93.6 Å². The Morgan fingerprint density at radius 1 is 1.50 bits per heavy atom. The van der Waals surface area contributed by atoms with Gasteiger partial charge >= 0.3 is 5.97 Å². The zero-order valence-corrected chi connectivity index (χ0v) is 9.06. The van der Waals surface area contributed by atoms with Crippen LogP contribution in [-0.4, -0.2) is 17.2 Å². The Balaban J connectivity index is 3.09. The van der Waals surface area contributed by atoms with Gasteiger partial charge in [-0.2, -0.15) is 4.99 Å². The number of carbonyl (C=O) groups excluding carboxylic acids is 1. The summed E-state index contributed by atoms with van der Waals surface area (Å²) in [6.07, 6.45) is 4.02. The van der Waals surface area contributed by atoms with Crippen molar-refractivity contribution in [3.05, 3.63) is 29.3 Å². The summed E-state index contributed by atoms with van der Waals surface area (Å²) >= 11 is 0. The van der Waals surface area contributed by atoms with Gasteiger partial charge in [-0.3, -0.25) is 0 Å². The molecule has 0 unspecified atom stereocenters. The van der Waals surface area contributed by atoms with Crippen LogP contribution in [-0.2, 0) is 11.2 Å². The van der Waals surface area contributed by atoms with Crippen molar-refractivity contribution in [1.82, 2.24) is 0 Å². The molecule has 0 saturated carbocycles. The minimum Gasteiger partial charge on any atom is -0.478 e. The molecule has 4 heteroatoms. The van der Waals surface area contributed by atoms with E-state index in [2.05, 4.69) is 4.99 Å². The van der Waals surface area contributed by atoms with Crippen molar-refractivity contribution in [3.8, 4) is 0 Å². The van der Waals surface area contributed by atoms with E-state index in [9.17, 15) is 9.59 Å². The molecule has 0 aromatic heterocycles. The summed E-state index contributed by atoms with van der Waals surface area (Å²) in [5.74, 6) is -0.951. The molecule has 4 nitrogen and oxygen atoms in total. The fraction of sp³-hybridized carbons (Fsp3) is 0.333. The number of carboxylic acid groups (broad SMARTS) is 1. The molecule has 0 aliphatic carbocycles. The van der Waals surface area contributed by atoms with Crippen LogP contribution in [0.2, 0.25) is 0 Å². The highest BCUT2D eigenvalue weighted by molar-refractivity contribution is 5.90. The van der Waals surface area contributed by atoms with Crippen LogP contribution in [0.3, 0.4) is 0 Å². The maximum absolute atomic E-state index is 10.9. The first-order chi connectivity index (χ1) is 7.69.